The second-order valence-corrected chi connectivity index (χ2v) is 21.3. The molecule has 0 unspecified atom stereocenters. The summed E-state index contributed by atoms with van der Waals surface area (Å²) in [7, 11) is 14.9. The normalized spacial score (nSPS) is 25.2. The summed E-state index contributed by atoms with van der Waals surface area (Å²) in [6, 6.07) is 0. The molecule has 124 valence electrons. The van der Waals surface area contributed by atoms with Gasteiger partial charge in [0.1, 0.15) is 0 Å². The first-order valence-corrected chi connectivity index (χ1v) is 16.0. The Balaban J connectivity index is 1.71. The summed E-state index contributed by atoms with van der Waals surface area (Å²) in [5.41, 5.74) is 6.37. The summed E-state index contributed by atoms with van der Waals surface area (Å²) >= 11 is -3.88. The van der Waals surface area contributed by atoms with Gasteiger partial charge in [0.05, 0.1) is 0 Å². The van der Waals surface area contributed by atoms with Crippen molar-refractivity contribution >= 4 is 22.9 Å². The Morgan fingerprint density at radius 3 is 1.61 bits per heavy atom. The molecule has 0 atom stereocenters. The summed E-state index contributed by atoms with van der Waals surface area (Å²) < 4.78 is 4.98. The Morgan fingerprint density at radius 1 is 0.783 bits per heavy atom. The second-order valence-electron chi connectivity index (χ2n) is 7.73. The van der Waals surface area contributed by atoms with Crippen LogP contribution in [-0.2, 0) is 12.7 Å². The molecule has 0 aromatic heterocycles. The Hall–Kier alpha value is 0.124. The molecule has 3 heteroatoms. The van der Waals surface area contributed by atoms with Crippen LogP contribution in [0.2, 0.25) is 0 Å². The average Bonchev–Trinajstić information content (AvgIpc) is 3.20. The predicted octanol–water partition coefficient (Wildman–Crippen LogP) is 7.12. The number of rotatable bonds is 2. The monoisotopic (exact) mass is 384 g/mol. The minimum atomic E-state index is -3.88. The van der Waals surface area contributed by atoms with Crippen LogP contribution in [-0.4, -0.2) is 4.31 Å². The molecule has 0 radical (unpaired) electrons. The quantitative estimate of drug-likeness (QED) is 0.444. The first kappa shape index (κ1) is 16.6. The van der Waals surface area contributed by atoms with E-state index in [1.807, 2.05) is 0 Å². The molecule has 0 spiro atoms. The fourth-order valence-corrected chi connectivity index (χ4v) is 11.7. The van der Waals surface area contributed by atoms with Gasteiger partial charge >= 0.3 is 149 Å². The van der Waals surface area contributed by atoms with Crippen molar-refractivity contribution in [3.05, 3.63) is 42.2 Å². The van der Waals surface area contributed by atoms with Crippen LogP contribution < -0.4 is 0 Å². The third-order valence-electron chi connectivity index (χ3n) is 6.45. The Bertz CT molecular complexity index is 697. The van der Waals surface area contributed by atoms with E-state index in [1.165, 1.54) is 59.1 Å². The van der Waals surface area contributed by atoms with E-state index in [4.69, 9.17) is 18.6 Å². The Morgan fingerprint density at radius 2 is 1.22 bits per heavy atom. The fourth-order valence-electron chi connectivity index (χ4n) is 4.88. The van der Waals surface area contributed by atoms with Crippen molar-refractivity contribution < 1.29 is 12.7 Å². The first-order valence-electron chi connectivity index (χ1n) is 9.23. The molecule has 0 saturated carbocycles. The van der Waals surface area contributed by atoms with E-state index in [1.54, 1.807) is 22.3 Å². The van der Waals surface area contributed by atoms with Gasteiger partial charge in [0.2, 0.25) is 0 Å². The summed E-state index contributed by atoms with van der Waals surface area (Å²) in [4.78, 5) is 0. The predicted molar refractivity (Wildman–Crippen MR) is 99.8 cm³/mol. The standard InChI is InChI=1S/2C9H11.C2H4.2ClH.Ti/c2*1-2-5-9-7-3-6-8(9)4-1;1-2;;;/h2*6H,1-2,4-5,7H2;1H,2H3;2*1H;/q;;;;;+2/p-2. The number of halogens is 2. The molecule has 0 N–H and O–H groups in total. The van der Waals surface area contributed by atoms with Crippen LogP contribution in [0.25, 0.3) is 0 Å². The molecular formula is C20H26Cl2Ti. The SMILES string of the molecule is C[CH]=[Ti]([Cl])([Cl])([C]1=CC2=C(CCCC2)C1)[C]1=CC2=C(CCCC2)C1. The van der Waals surface area contributed by atoms with E-state index in [9.17, 15) is 0 Å². The molecule has 0 amide bonds. The van der Waals surface area contributed by atoms with Gasteiger partial charge in [0, 0.05) is 0 Å². The fraction of sp³-hybridized carbons (Fsp3) is 0.550. The van der Waals surface area contributed by atoms with Crippen LogP contribution >= 0.6 is 18.6 Å². The van der Waals surface area contributed by atoms with Gasteiger partial charge in [-0.1, -0.05) is 0 Å². The zero-order valence-corrected chi connectivity index (χ0v) is 17.1. The molecule has 4 aliphatic carbocycles. The third kappa shape index (κ3) is 2.65. The molecular weight excluding hydrogens is 359 g/mol. The van der Waals surface area contributed by atoms with Crippen LogP contribution in [0.15, 0.2) is 42.2 Å². The van der Waals surface area contributed by atoms with Gasteiger partial charge < -0.3 is 0 Å². The number of allylic oxidation sites excluding steroid dienone is 8. The van der Waals surface area contributed by atoms with E-state index in [-0.39, 0.29) is 0 Å². The number of hydrogen-bond donors (Lipinski definition) is 0. The Kier molecular flexibility index (Phi) is 4.21. The summed E-state index contributed by atoms with van der Waals surface area (Å²) in [5.74, 6) is 0. The average molecular weight is 385 g/mol. The molecule has 23 heavy (non-hydrogen) atoms. The molecule has 0 aromatic rings. The van der Waals surface area contributed by atoms with Gasteiger partial charge in [-0.15, -0.1) is 0 Å². The molecule has 0 aromatic carbocycles. The van der Waals surface area contributed by atoms with Crippen molar-refractivity contribution in [1.29, 1.82) is 0 Å². The third-order valence-corrected chi connectivity index (χ3v) is 18.5. The van der Waals surface area contributed by atoms with E-state index < -0.39 is 12.7 Å². The van der Waals surface area contributed by atoms with E-state index >= 15 is 0 Å². The number of hydrogen-bond acceptors (Lipinski definition) is 0. The summed E-state index contributed by atoms with van der Waals surface area (Å²) in [6.07, 6.45) is 17.2. The van der Waals surface area contributed by atoms with Crippen molar-refractivity contribution in [3.8, 4) is 0 Å². The van der Waals surface area contributed by atoms with Gasteiger partial charge in [-0.25, -0.2) is 0 Å². The van der Waals surface area contributed by atoms with Gasteiger partial charge in [0.25, 0.3) is 0 Å². The van der Waals surface area contributed by atoms with Crippen molar-refractivity contribution in [1.82, 2.24) is 0 Å². The Labute approximate surface area is 148 Å². The first-order chi connectivity index (χ1) is 11.0. The summed E-state index contributed by atoms with van der Waals surface area (Å²) in [5, 5.41) is 0. The van der Waals surface area contributed by atoms with Gasteiger partial charge in [0.15, 0.2) is 0 Å². The molecule has 0 fully saturated rings. The van der Waals surface area contributed by atoms with Crippen LogP contribution in [0.3, 0.4) is 0 Å². The molecule has 0 nitrogen and oxygen atoms in total. The zero-order chi connectivity index (χ0) is 16.1. The van der Waals surface area contributed by atoms with Gasteiger partial charge in [-0.2, -0.15) is 0 Å². The molecule has 0 aliphatic heterocycles. The molecule has 0 bridgehead atoms. The van der Waals surface area contributed by atoms with Crippen molar-refractivity contribution in [2.45, 2.75) is 71.1 Å². The minimum absolute atomic E-state index is 1.05. The van der Waals surface area contributed by atoms with Crippen LogP contribution in [0, 0.1) is 0 Å². The molecule has 4 aliphatic rings. The molecule has 4 rings (SSSR count). The van der Waals surface area contributed by atoms with Gasteiger partial charge in [-0.3, -0.25) is 0 Å². The van der Waals surface area contributed by atoms with Crippen LogP contribution in [0.1, 0.15) is 71.1 Å². The van der Waals surface area contributed by atoms with Crippen molar-refractivity contribution in [3.63, 3.8) is 0 Å². The molecule has 0 heterocycles. The molecule has 0 saturated heterocycles. The van der Waals surface area contributed by atoms with Crippen molar-refractivity contribution in [2.24, 2.45) is 0 Å². The van der Waals surface area contributed by atoms with E-state index in [0.29, 0.717) is 0 Å². The maximum atomic E-state index is 7.43. The topological polar surface area (TPSA) is 0 Å². The zero-order valence-electron chi connectivity index (χ0n) is 14.1. The maximum absolute atomic E-state index is 7.43. The van der Waals surface area contributed by atoms with Crippen LogP contribution in [0.5, 0.6) is 0 Å². The van der Waals surface area contributed by atoms with Gasteiger partial charge in [-0.05, 0) is 0 Å². The second kappa shape index (κ2) is 5.84. The van der Waals surface area contributed by atoms with Crippen LogP contribution in [0.4, 0.5) is 0 Å². The summed E-state index contributed by atoms with van der Waals surface area (Å²) in [6.45, 7) is 2.10. The van der Waals surface area contributed by atoms with E-state index in [0.717, 1.165) is 12.8 Å². The van der Waals surface area contributed by atoms with Crippen molar-refractivity contribution in [2.75, 3.05) is 0 Å². The van der Waals surface area contributed by atoms with E-state index in [2.05, 4.69) is 23.4 Å².